The molecule has 2 amide bonds. The SMILES string of the molecule is CC(Oc1ccc(Cl)cc1Cl)C(=O)NNC(=S)NC(=O)c1cccs1. The van der Waals surface area contributed by atoms with Crippen LogP contribution in [0, 0.1) is 0 Å². The molecule has 1 aromatic heterocycles. The van der Waals surface area contributed by atoms with E-state index in [0.717, 1.165) is 0 Å². The molecule has 0 saturated carbocycles. The molecule has 0 aliphatic carbocycles. The fourth-order valence-corrected chi connectivity index (χ4v) is 2.85. The van der Waals surface area contributed by atoms with Crippen molar-refractivity contribution in [2.75, 3.05) is 0 Å². The Morgan fingerprint density at radius 2 is 2.00 bits per heavy atom. The minimum atomic E-state index is -0.859. The van der Waals surface area contributed by atoms with Crippen LogP contribution >= 0.6 is 46.8 Å². The summed E-state index contributed by atoms with van der Waals surface area (Å²) in [6.07, 6.45) is -0.859. The van der Waals surface area contributed by atoms with Gasteiger partial charge in [0.15, 0.2) is 11.2 Å². The third-order valence-electron chi connectivity index (χ3n) is 2.84. The fourth-order valence-electron chi connectivity index (χ4n) is 1.64. The fraction of sp³-hybridized carbons (Fsp3) is 0.133. The van der Waals surface area contributed by atoms with Gasteiger partial charge in [-0.2, -0.15) is 0 Å². The van der Waals surface area contributed by atoms with Gasteiger partial charge in [0.25, 0.3) is 11.8 Å². The Kier molecular flexibility index (Phi) is 7.01. The van der Waals surface area contributed by atoms with E-state index in [1.54, 1.807) is 29.6 Å². The summed E-state index contributed by atoms with van der Waals surface area (Å²) in [5.41, 5.74) is 4.78. The maximum atomic E-state index is 12.0. The Balaban J connectivity index is 1.80. The first kappa shape index (κ1) is 19.5. The smallest absolute Gasteiger partial charge is 0.279 e. The van der Waals surface area contributed by atoms with Crippen molar-refractivity contribution in [2.45, 2.75) is 13.0 Å². The number of carbonyl (C=O) groups excluding carboxylic acids is 2. The molecule has 1 unspecified atom stereocenters. The third kappa shape index (κ3) is 5.86. The third-order valence-corrected chi connectivity index (χ3v) is 4.44. The first-order chi connectivity index (χ1) is 11.9. The highest BCUT2D eigenvalue weighted by Crippen LogP contribution is 2.28. The zero-order chi connectivity index (χ0) is 18.4. The maximum Gasteiger partial charge on any atom is 0.279 e. The van der Waals surface area contributed by atoms with Gasteiger partial charge in [0.05, 0.1) is 9.90 Å². The monoisotopic (exact) mass is 417 g/mol. The van der Waals surface area contributed by atoms with Gasteiger partial charge in [-0.05, 0) is 48.8 Å². The summed E-state index contributed by atoms with van der Waals surface area (Å²) >= 11 is 18.0. The number of thiocarbonyl (C=S) groups is 1. The van der Waals surface area contributed by atoms with Crippen LogP contribution in [0.2, 0.25) is 10.0 Å². The normalized spacial score (nSPS) is 11.3. The zero-order valence-corrected chi connectivity index (χ0v) is 16.0. The highest BCUT2D eigenvalue weighted by Gasteiger charge is 2.17. The van der Waals surface area contributed by atoms with E-state index in [-0.39, 0.29) is 11.0 Å². The summed E-state index contributed by atoms with van der Waals surface area (Å²) in [5.74, 6) is -0.542. The van der Waals surface area contributed by atoms with Crippen molar-refractivity contribution in [3.05, 3.63) is 50.6 Å². The number of hydrazine groups is 1. The van der Waals surface area contributed by atoms with E-state index >= 15 is 0 Å². The lowest BCUT2D eigenvalue weighted by atomic mass is 10.3. The number of benzene rings is 1. The summed E-state index contributed by atoms with van der Waals surface area (Å²) in [5, 5.41) is 4.93. The van der Waals surface area contributed by atoms with E-state index in [1.165, 1.54) is 24.3 Å². The van der Waals surface area contributed by atoms with E-state index < -0.39 is 12.0 Å². The maximum absolute atomic E-state index is 12.0. The Morgan fingerprint density at radius 1 is 1.24 bits per heavy atom. The van der Waals surface area contributed by atoms with Crippen LogP contribution in [0.1, 0.15) is 16.6 Å². The molecule has 1 aromatic carbocycles. The number of hydrogen-bond acceptors (Lipinski definition) is 5. The summed E-state index contributed by atoms with van der Waals surface area (Å²) in [7, 11) is 0. The number of thiophene rings is 1. The van der Waals surface area contributed by atoms with E-state index in [4.69, 9.17) is 40.2 Å². The van der Waals surface area contributed by atoms with Crippen molar-refractivity contribution in [2.24, 2.45) is 0 Å². The Bertz CT molecular complexity index is 784. The van der Waals surface area contributed by atoms with Gasteiger partial charge in [0, 0.05) is 5.02 Å². The average molecular weight is 418 g/mol. The summed E-state index contributed by atoms with van der Waals surface area (Å²) in [4.78, 5) is 24.3. The van der Waals surface area contributed by atoms with Crippen LogP contribution in [0.15, 0.2) is 35.7 Å². The summed E-state index contributed by atoms with van der Waals surface area (Å²) in [6, 6.07) is 8.08. The first-order valence-corrected chi connectivity index (χ1v) is 8.97. The number of carbonyl (C=O) groups is 2. The number of rotatable bonds is 4. The van der Waals surface area contributed by atoms with Crippen LogP contribution in [-0.2, 0) is 4.79 Å². The average Bonchev–Trinajstić information content (AvgIpc) is 3.09. The lowest BCUT2D eigenvalue weighted by Crippen LogP contribution is -2.51. The minimum absolute atomic E-state index is 0.0384. The standard InChI is InChI=1S/C15H13Cl2N3O3S2/c1-8(23-11-5-4-9(16)7-10(11)17)13(21)19-20-15(24)18-14(22)12-3-2-6-25-12/h2-8H,1H3,(H,19,21)(H2,18,20,22,24). The number of hydrogen-bond donors (Lipinski definition) is 3. The van der Waals surface area contributed by atoms with Crippen LogP contribution in [0.3, 0.4) is 0 Å². The molecule has 2 rings (SSSR count). The van der Waals surface area contributed by atoms with Gasteiger partial charge < -0.3 is 4.74 Å². The van der Waals surface area contributed by atoms with Crippen molar-refractivity contribution < 1.29 is 14.3 Å². The highest BCUT2D eigenvalue weighted by atomic mass is 35.5. The number of amides is 2. The molecule has 0 radical (unpaired) electrons. The van der Waals surface area contributed by atoms with Crippen LogP contribution < -0.4 is 20.9 Å². The first-order valence-electron chi connectivity index (χ1n) is 6.93. The Hall–Kier alpha value is -1.87. The van der Waals surface area contributed by atoms with E-state index in [0.29, 0.717) is 20.7 Å². The van der Waals surface area contributed by atoms with Crippen LogP contribution in [-0.4, -0.2) is 23.0 Å². The predicted octanol–water partition coefficient (Wildman–Crippen LogP) is 3.16. The van der Waals surface area contributed by atoms with Gasteiger partial charge in [0.1, 0.15) is 5.75 Å². The molecule has 0 saturated heterocycles. The quantitative estimate of drug-likeness (QED) is 0.525. The summed E-state index contributed by atoms with van der Waals surface area (Å²) < 4.78 is 5.46. The van der Waals surface area contributed by atoms with Crippen LogP contribution in [0.4, 0.5) is 0 Å². The molecule has 132 valence electrons. The molecule has 0 fully saturated rings. The number of nitrogens with one attached hydrogen (secondary N) is 3. The highest BCUT2D eigenvalue weighted by molar-refractivity contribution is 7.80. The van der Waals surface area contributed by atoms with E-state index in [1.807, 2.05) is 0 Å². The zero-order valence-electron chi connectivity index (χ0n) is 12.8. The van der Waals surface area contributed by atoms with Gasteiger partial charge in [-0.15, -0.1) is 11.3 Å². The molecule has 0 spiro atoms. The molecule has 3 N–H and O–H groups in total. The predicted molar refractivity (Wildman–Crippen MR) is 102 cm³/mol. The van der Waals surface area contributed by atoms with Crippen molar-refractivity contribution in [1.82, 2.24) is 16.2 Å². The van der Waals surface area contributed by atoms with Gasteiger partial charge in [0.2, 0.25) is 0 Å². The molecule has 25 heavy (non-hydrogen) atoms. The largest absolute Gasteiger partial charge is 0.479 e. The molecule has 10 heteroatoms. The summed E-state index contributed by atoms with van der Waals surface area (Å²) in [6.45, 7) is 1.54. The second-order valence-corrected chi connectivity index (χ2v) is 6.91. The number of halogens is 2. The second-order valence-electron chi connectivity index (χ2n) is 4.71. The van der Waals surface area contributed by atoms with E-state index in [2.05, 4.69) is 16.2 Å². The molecule has 0 aliphatic heterocycles. The van der Waals surface area contributed by atoms with Crippen LogP contribution in [0.25, 0.3) is 0 Å². The van der Waals surface area contributed by atoms with Gasteiger partial charge >= 0.3 is 0 Å². The van der Waals surface area contributed by atoms with Gasteiger partial charge in [-0.3, -0.25) is 25.8 Å². The van der Waals surface area contributed by atoms with Crippen molar-refractivity contribution in [3.8, 4) is 5.75 Å². The molecular weight excluding hydrogens is 405 g/mol. The van der Waals surface area contributed by atoms with Crippen LogP contribution in [0.5, 0.6) is 5.75 Å². The Morgan fingerprint density at radius 3 is 2.64 bits per heavy atom. The van der Waals surface area contributed by atoms with Gasteiger partial charge in [-0.25, -0.2) is 0 Å². The topological polar surface area (TPSA) is 79.5 Å². The second kappa shape index (κ2) is 9.00. The molecule has 0 bridgehead atoms. The van der Waals surface area contributed by atoms with Gasteiger partial charge in [-0.1, -0.05) is 29.3 Å². The lowest BCUT2D eigenvalue weighted by Gasteiger charge is -2.16. The Labute approximate surface area is 163 Å². The van der Waals surface area contributed by atoms with Crippen molar-refractivity contribution in [3.63, 3.8) is 0 Å². The van der Waals surface area contributed by atoms with Crippen molar-refractivity contribution >= 4 is 63.7 Å². The molecule has 6 nitrogen and oxygen atoms in total. The van der Waals surface area contributed by atoms with E-state index in [9.17, 15) is 9.59 Å². The molecule has 1 atom stereocenters. The lowest BCUT2D eigenvalue weighted by molar-refractivity contribution is -0.127. The number of ether oxygens (including phenoxy) is 1. The molecular formula is C15H13Cl2N3O3S2. The van der Waals surface area contributed by atoms with Crippen molar-refractivity contribution in [1.29, 1.82) is 0 Å². The molecule has 0 aliphatic rings. The minimum Gasteiger partial charge on any atom is -0.479 e. The molecule has 2 aromatic rings. The molecule has 1 heterocycles.